The summed E-state index contributed by atoms with van der Waals surface area (Å²) in [6, 6.07) is 0.641. The predicted octanol–water partition coefficient (Wildman–Crippen LogP) is 1.96. The van der Waals surface area contributed by atoms with Crippen molar-refractivity contribution in [3.05, 3.63) is 0 Å². The number of likely N-dealkylation sites (N-methyl/N-ethyl adjacent to an activating group) is 1. The second-order valence-electron chi connectivity index (χ2n) is 6.21. The zero-order valence-corrected chi connectivity index (χ0v) is 12.6. The summed E-state index contributed by atoms with van der Waals surface area (Å²) in [6.07, 6.45) is 7.85. The molecule has 1 atom stereocenters. The van der Waals surface area contributed by atoms with Crippen molar-refractivity contribution in [3.63, 3.8) is 0 Å². The lowest BCUT2D eigenvalue weighted by molar-refractivity contribution is 0.139. The Labute approximate surface area is 117 Å². The molecule has 4 nitrogen and oxygen atoms in total. The van der Waals surface area contributed by atoms with Crippen molar-refractivity contribution in [2.45, 2.75) is 58.4 Å². The third kappa shape index (κ3) is 3.62. The van der Waals surface area contributed by atoms with Gasteiger partial charge in [-0.25, -0.2) is 0 Å². The molecule has 1 heterocycles. The molecule has 0 spiro atoms. The summed E-state index contributed by atoms with van der Waals surface area (Å²) in [5.74, 6) is 0.641. The average molecular weight is 266 g/mol. The summed E-state index contributed by atoms with van der Waals surface area (Å²) in [4.78, 5) is 7.09. The second kappa shape index (κ2) is 6.60. The van der Waals surface area contributed by atoms with Crippen molar-refractivity contribution >= 4 is 5.96 Å². The smallest absolute Gasteiger partial charge is 0.188 e. The molecule has 1 aliphatic carbocycles. The van der Waals surface area contributed by atoms with E-state index in [0.717, 1.165) is 19.6 Å². The van der Waals surface area contributed by atoms with Gasteiger partial charge in [0.15, 0.2) is 5.96 Å². The molecule has 0 bridgehead atoms. The van der Waals surface area contributed by atoms with Gasteiger partial charge in [-0.2, -0.15) is 0 Å². The molecule has 0 aromatic rings. The summed E-state index contributed by atoms with van der Waals surface area (Å²) in [6.45, 7) is 8.74. The third-order valence-corrected chi connectivity index (χ3v) is 5.17. The van der Waals surface area contributed by atoms with Crippen molar-refractivity contribution < 1.29 is 0 Å². The van der Waals surface area contributed by atoms with Gasteiger partial charge in [0.05, 0.1) is 0 Å². The molecule has 2 fully saturated rings. The molecule has 0 radical (unpaired) electrons. The molecule has 1 unspecified atom stereocenters. The normalized spacial score (nSPS) is 27.3. The van der Waals surface area contributed by atoms with Gasteiger partial charge in [-0.05, 0) is 50.6 Å². The van der Waals surface area contributed by atoms with Crippen molar-refractivity contribution in [3.8, 4) is 0 Å². The SMILES string of the molecule is CCN1CCCC1CNC(N)=NCC1(CC)CCC1. The lowest BCUT2D eigenvalue weighted by Crippen LogP contribution is -2.43. The van der Waals surface area contributed by atoms with Gasteiger partial charge in [0.25, 0.3) is 0 Å². The zero-order valence-electron chi connectivity index (χ0n) is 12.6. The highest BCUT2D eigenvalue weighted by atomic mass is 15.2. The van der Waals surface area contributed by atoms with Crippen LogP contribution in [-0.4, -0.2) is 43.1 Å². The third-order valence-electron chi connectivity index (χ3n) is 5.17. The number of nitrogens with one attached hydrogen (secondary N) is 1. The minimum Gasteiger partial charge on any atom is -0.370 e. The van der Waals surface area contributed by atoms with Gasteiger partial charge < -0.3 is 11.1 Å². The first-order valence-electron chi connectivity index (χ1n) is 7.97. The van der Waals surface area contributed by atoms with Crippen LogP contribution < -0.4 is 11.1 Å². The van der Waals surface area contributed by atoms with Crippen molar-refractivity contribution in [1.29, 1.82) is 0 Å². The topological polar surface area (TPSA) is 53.6 Å². The van der Waals surface area contributed by atoms with E-state index < -0.39 is 0 Å². The number of aliphatic imine (C=N–C) groups is 1. The highest BCUT2D eigenvalue weighted by Gasteiger charge is 2.34. The molecular formula is C15H30N4. The largest absolute Gasteiger partial charge is 0.370 e. The second-order valence-corrected chi connectivity index (χ2v) is 6.21. The summed E-state index contributed by atoms with van der Waals surface area (Å²) in [7, 11) is 0. The maximum atomic E-state index is 6.00. The molecule has 19 heavy (non-hydrogen) atoms. The molecule has 2 rings (SSSR count). The van der Waals surface area contributed by atoms with Crippen LogP contribution in [0.1, 0.15) is 52.4 Å². The van der Waals surface area contributed by atoms with Gasteiger partial charge >= 0.3 is 0 Å². The lowest BCUT2D eigenvalue weighted by atomic mass is 9.67. The number of likely N-dealkylation sites (tertiary alicyclic amines) is 1. The number of rotatable bonds is 6. The predicted molar refractivity (Wildman–Crippen MR) is 81.3 cm³/mol. The first-order chi connectivity index (χ1) is 9.19. The van der Waals surface area contributed by atoms with Gasteiger partial charge in [-0.1, -0.05) is 20.3 Å². The molecule has 0 aromatic heterocycles. The Kier molecular flexibility index (Phi) is 5.08. The lowest BCUT2D eigenvalue weighted by Gasteiger charge is -2.40. The number of nitrogens with zero attached hydrogens (tertiary/aromatic N) is 2. The number of hydrogen-bond donors (Lipinski definition) is 2. The van der Waals surface area contributed by atoms with Crippen LogP contribution >= 0.6 is 0 Å². The number of nitrogens with two attached hydrogens (primary N) is 1. The van der Waals surface area contributed by atoms with E-state index >= 15 is 0 Å². The number of guanidine groups is 1. The van der Waals surface area contributed by atoms with Crippen LogP contribution in [0.15, 0.2) is 4.99 Å². The van der Waals surface area contributed by atoms with E-state index in [0.29, 0.717) is 17.4 Å². The fourth-order valence-electron chi connectivity index (χ4n) is 3.37. The Hall–Kier alpha value is -0.770. The number of hydrogen-bond acceptors (Lipinski definition) is 2. The van der Waals surface area contributed by atoms with E-state index in [9.17, 15) is 0 Å². The maximum Gasteiger partial charge on any atom is 0.188 e. The minimum atomic E-state index is 0.467. The molecule has 4 heteroatoms. The van der Waals surface area contributed by atoms with E-state index in [2.05, 4.69) is 29.1 Å². The Bertz CT molecular complexity index is 304. The summed E-state index contributed by atoms with van der Waals surface area (Å²) < 4.78 is 0. The maximum absolute atomic E-state index is 6.00. The quantitative estimate of drug-likeness (QED) is 0.571. The van der Waals surface area contributed by atoms with Gasteiger partial charge in [0.1, 0.15) is 0 Å². The van der Waals surface area contributed by atoms with Crippen LogP contribution in [0.25, 0.3) is 0 Å². The summed E-state index contributed by atoms with van der Waals surface area (Å²) >= 11 is 0. The van der Waals surface area contributed by atoms with Crippen LogP contribution in [0.3, 0.4) is 0 Å². The van der Waals surface area contributed by atoms with E-state index in [4.69, 9.17) is 5.73 Å². The molecule has 1 saturated heterocycles. The molecular weight excluding hydrogens is 236 g/mol. The Morgan fingerprint density at radius 3 is 2.74 bits per heavy atom. The van der Waals surface area contributed by atoms with Crippen LogP contribution in [0, 0.1) is 5.41 Å². The highest BCUT2D eigenvalue weighted by molar-refractivity contribution is 5.77. The molecule has 0 aromatic carbocycles. The molecule has 2 aliphatic rings. The van der Waals surface area contributed by atoms with Gasteiger partial charge in [-0.3, -0.25) is 9.89 Å². The van der Waals surface area contributed by atoms with E-state index in [1.165, 1.54) is 45.1 Å². The Balaban J connectivity index is 1.73. The van der Waals surface area contributed by atoms with Gasteiger partial charge in [-0.15, -0.1) is 0 Å². The summed E-state index contributed by atoms with van der Waals surface area (Å²) in [5, 5.41) is 3.32. The molecule has 3 N–H and O–H groups in total. The first-order valence-corrected chi connectivity index (χ1v) is 7.97. The van der Waals surface area contributed by atoms with E-state index in [-0.39, 0.29) is 0 Å². The van der Waals surface area contributed by atoms with Crippen LogP contribution in [0.2, 0.25) is 0 Å². The van der Waals surface area contributed by atoms with Crippen LogP contribution in [0.5, 0.6) is 0 Å². The minimum absolute atomic E-state index is 0.467. The first kappa shape index (κ1) is 14.6. The monoisotopic (exact) mass is 266 g/mol. The highest BCUT2D eigenvalue weighted by Crippen LogP contribution is 2.43. The Morgan fingerprint density at radius 1 is 1.37 bits per heavy atom. The fraction of sp³-hybridized carbons (Fsp3) is 0.933. The van der Waals surface area contributed by atoms with Gasteiger partial charge in [0, 0.05) is 19.1 Å². The molecule has 1 saturated carbocycles. The van der Waals surface area contributed by atoms with E-state index in [1.807, 2.05) is 0 Å². The summed E-state index contributed by atoms with van der Waals surface area (Å²) in [5.41, 5.74) is 6.47. The standard InChI is InChI=1S/C15H30N4/c1-3-15(8-6-9-15)12-18-14(16)17-11-13-7-5-10-19(13)4-2/h13H,3-12H2,1-2H3,(H3,16,17,18). The van der Waals surface area contributed by atoms with E-state index in [1.54, 1.807) is 0 Å². The van der Waals surface area contributed by atoms with Gasteiger partial charge in [0.2, 0.25) is 0 Å². The Morgan fingerprint density at radius 2 is 2.16 bits per heavy atom. The van der Waals surface area contributed by atoms with Crippen LogP contribution in [-0.2, 0) is 0 Å². The van der Waals surface area contributed by atoms with Crippen molar-refractivity contribution in [2.24, 2.45) is 16.1 Å². The molecule has 1 aliphatic heterocycles. The fourth-order valence-corrected chi connectivity index (χ4v) is 3.37. The average Bonchev–Trinajstić information content (AvgIpc) is 2.83. The molecule has 0 amide bonds. The van der Waals surface area contributed by atoms with Crippen molar-refractivity contribution in [2.75, 3.05) is 26.2 Å². The van der Waals surface area contributed by atoms with Crippen LogP contribution in [0.4, 0.5) is 0 Å². The van der Waals surface area contributed by atoms with Crippen molar-refractivity contribution in [1.82, 2.24) is 10.2 Å². The zero-order chi connectivity index (χ0) is 13.7. The molecule has 110 valence electrons.